The summed E-state index contributed by atoms with van der Waals surface area (Å²) >= 11 is 0. The van der Waals surface area contributed by atoms with Crippen LogP contribution in [0, 0.1) is 11.6 Å². The summed E-state index contributed by atoms with van der Waals surface area (Å²) in [5.41, 5.74) is 0.982. The molecule has 0 aromatic heterocycles. The minimum atomic E-state index is -0.649. The highest BCUT2D eigenvalue weighted by atomic mass is 19.1. The van der Waals surface area contributed by atoms with Gasteiger partial charge in [-0.3, -0.25) is 4.79 Å². The minimum Gasteiger partial charge on any atom is -0.380 e. The zero-order valence-electron chi connectivity index (χ0n) is 13.9. The van der Waals surface area contributed by atoms with Gasteiger partial charge in [-0.05, 0) is 24.3 Å². The number of nitrogens with zero attached hydrogens (tertiary/aromatic N) is 2. The Balaban J connectivity index is 1.45. The highest BCUT2D eigenvalue weighted by molar-refractivity contribution is 5.77. The first kappa shape index (κ1) is 17.2. The normalized spacial score (nSPS) is 14.5. The molecule has 6 heteroatoms. The Morgan fingerprint density at radius 3 is 2.20 bits per heavy atom. The van der Waals surface area contributed by atoms with Crippen molar-refractivity contribution in [2.75, 3.05) is 42.9 Å². The predicted molar refractivity (Wildman–Crippen MR) is 94.7 cm³/mol. The number of carbonyl (C=O) groups excluding carboxylic acids is 1. The van der Waals surface area contributed by atoms with E-state index in [0.29, 0.717) is 13.1 Å². The van der Waals surface area contributed by atoms with Crippen LogP contribution in [0.5, 0.6) is 0 Å². The third kappa shape index (κ3) is 4.26. The van der Waals surface area contributed by atoms with Gasteiger partial charge >= 0.3 is 0 Å². The van der Waals surface area contributed by atoms with Gasteiger partial charge < -0.3 is 15.1 Å². The molecule has 0 bridgehead atoms. The topological polar surface area (TPSA) is 35.6 Å². The maximum atomic E-state index is 13.5. The maximum Gasteiger partial charge on any atom is 0.224 e. The first-order valence-corrected chi connectivity index (χ1v) is 8.41. The molecule has 25 heavy (non-hydrogen) atoms. The van der Waals surface area contributed by atoms with Crippen LogP contribution in [0.15, 0.2) is 48.5 Å². The minimum absolute atomic E-state index is 0.00282. The molecule has 0 spiro atoms. The summed E-state index contributed by atoms with van der Waals surface area (Å²) < 4.78 is 27.1. The number of hydrogen-bond acceptors (Lipinski definition) is 3. The molecule has 1 aliphatic heterocycles. The summed E-state index contributed by atoms with van der Waals surface area (Å²) in [4.78, 5) is 16.3. The van der Waals surface area contributed by atoms with Gasteiger partial charge in [0, 0.05) is 44.8 Å². The maximum absolute atomic E-state index is 13.5. The first-order chi connectivity index (χ1) is 12.1. The summed E-state index contributed by atoms with van der Waals surface area (Å²) in [5, 5.41) is 2.68. The Kier molecular flexibility index (Phi) is 5.48. The van der Waals surface area contributed by atoms with E-state index in [1.54, 1.807) is 4.90 Å². The number of carbonyl (C=O) groups is 1. The smallest absolute Gasteiger partial charge is 0.224 e. The lowest BCUT2D eigenvalue weighted by molar-refractivity contribution is -0.131. The van der Waals surface area contributed by atoms with E-state index in [2.05, 4.69) is 22.3 Å². The van der Waals surface area contributed by atoms with E-state index in [0.717, 1.165) is 18.8 Å². The van der Waals surface area contributed by atoms with Crippen molar-refractivity contribution in [1.82, 2.24) is 4.90 Å². The van der Waals surface area contributed by atoms with Crippen LogP contribution in [0.2, 0.25) is 0 Å². The fourth-order valence-corrected chi connectivity index (χ4v) is 2.97. The molecule has 1 saturated heterocycles. The molecule has 1 heterocycles. The summed E-state index contributed by atoms with van der Waals surface area (Å²) in [7, 11) is 0. The van der Waals surface area contributed by atoms with Crippen LogP contribution in [-0.4, -0.2) is 43.5 Å². The molecule has 1 aliphatic rings. The van der Waals surface area contributed by atoms with Gasteiger partial charge in [0.15, 0.2) is 0 Å². The molecule has 2 aromatic rings. The van der Waals surface area contributed by atoms with Crippen LogP contribution in [0.3, 0.4) is 0 Å². The SMILES string of the molecule is O=C(CCNc1c(F)cccc1F)N1CCN(c2ccccc2)CC1. The van der Waals surface area contributed by atoms with Gasteiger partial charge in [0.1, 0.15) is 17.3 Å². The molecule has 0 saturated carbocycles. The van der Waals surface area contributed by atoms with E-state index in [-0.39, 0.29) is 24.6 Å². The fourth-order valence-electron chi connectivity index (χ4n) is 2.97. The van der Waals surface area contributed by atoms with Gasteiger partial charge in [0.25, 0.3) is 0 Å². The van der Waals surface area contributed by atoms with Gasteiger partial charge in [-0.25, -0.2) is 8.78 Å². The van der Waals surface area contributed by atoms with Crippen molar-refractivity contribution in [2.24, 2.45) is 0 Å². The van der Waals surface area contributed by atoms with Crippen LogP contribution < -0.4 is 10.2 Å². The van der Waals surface area contributed by atoms with Gasteiger partial charge in [0.2, 0.25) is 5.91 Å². The van der Waals surface area contributed by atoms with Crippen LogP contribution >= 0.6 is 0 Å². The number of rotatable bonds is 5. The molecule has 2 aromatic carbocycles. The molecule has 132 valence electrons. The molecule has 1 N–H and O–H groups in total. The lowest BCUT2D eigenvalue weighted by atomic mass is 10.2. The molecule has 1 fully saturated rings. The number of para-hydroxylation sites is 2. The van der Waals surface area contributed by atoms with Crippen LogP contribution in [-0.2, 0) is 4.79 Å². The number of amides is 1. The second-order valence-electron chi connectivity index (χ2n) is 5.98. The van der Waals surface area contributed by atoms with E-state index in [4.69, 9.17) is 0 Å². The zero-order chi connectivity index (χ0) is 17.6. The average molecular weight is 345 g/mol. The highest BCUT2D eigenvalue weighted by Gasteiger charge is 2.21. The molecule has 0 atom stereocenters. The number of hydrogen-bond donors (Lipinski definition) is 1. The molecule has 3 rings (SSSR count). The van der Waals surface area contributed by atoms with Gasteiger partial charge in [-0.2, -0.15) is 0 Å². The largest absolute Gasteiger partial charge is 0.380 e. The molecule has 0 aliphatic carbocycles. The number of piperazine rings is 1. The number of halogens is 2. The van der Waals surface area contributed by atoms with E-state index >= 15 is 0 Å². The zero-order valence-corrected chi connectivity index (χ0v) is 13.9. The lowest BCUT2D eigenvalue weighted by Gasteiger charge is -2.36. The molecule has 0 radical (unpaired) electrons. The first-order valence-electron chi connectivity index (χ1n) is 8.41. The van der Waals surface area contributed by atoms with Crippen LogP contribution in [0.4, 0.5) is 20.2 Å². The molecule has 4 nitrogen and oxygen atoms in total. The second-order valence-corrected chi connectivity index (χ2v) is 5.98. The van der Waals surface area contributed by atoms with Crippen LogP contribution in [0.25, 0.3) is 0 Å². The number of nitrogens with one attached hydrogen (secondary N) is 1. The van der Waals surface area contributed by atoms with E-state index in [1.807, 2.05) is 18.2 Å². The fraction of sp³-hybridized carbons (Fsp3) is 0.316. The second kappa shape index (κ2) is 7.96. The van der Waals surface area contributed by atoms with Gasteiger partial charge in [-0.1, -0.05) is 24.3 Å². The van der Waals surface area contributed by atoms with Crippen molar-refractivity contribution in [3.8, 4) is 0 Å². The van der Waals surface area contributed by atoms with Crippen molar-refractivity contribution in [1.29, 1.82) is 0 Å². The quantitative estimate of drug-likeness (QED) is 0.904. The standard InChI is InChI=1S/C19H21F2N3O/c20-16-7-4-8-17(21)19(16)22-10-9-18(25)24-13-11-23(12-14-24)15-5-2-1-3-6-15/h1-8,22H,9-14H2. The Morgan fingerprint density at radius 2 is 1.56 bits per heavy atom. The highest BCUT2D eigenvalue weighted by Crippen LogP contribution is 2.18. The number of anilines is 2. The average Bonchev–Trinajstić information content (AvgIpc) is 2.65. The van der Waals surface area contributed by atoms with Crippen molar-refractivity contribution in [3.63, 3.8) is 0 Å². The molecule has 0 unspecified atom stereocenters. The summed E-state index contributed by atoms with van der Waals surface area (Å²) in [6.07, 6.45) is 0.207. The van der Waals surface area contributed by atoms with Crippen molar-refractivity contribution in [2.45, 2.75) is 6.42 Å². The third-order valence-corrected chi connectivity index (χ3v) is 4.36. The monoisotopic (exact) mass is 345 g/mol. The van der Waals surface area contributed by atoms with E-state index in [9.17, 15) is 13.6 Å². The Hall–Kier alpha value is -2.63. The summed E-state index contributed by atoms with van der Waals surface area (Å²) in [6, 6.07) is 13.8. The lowest BCUT2D eigenvalue weighted by Crippen LogP contribution is -2.49. The Morgan fingerprint density at radius 1 is 0.920 bits per heavy atom. The number of benzene rings is 2. The van der Waals surface area contributed by atoms with Gasteiger partial charge in [-0.15, -0.1) is 0 Å². The van der Waals surface area contributed by atoms with Gasteiger partial charge in [0.05, 0.1) is 0 Å². The van der Waals surface area contributed by atoms with E-state index < -0.39 is 11.6 Å². The third-order valence-electron chi connectivity index (χ3n) is 4.36. The molecular formula is C19H21F2N3O. The van der Waals surface area contributed by atoms with E-state index in [1.165, 1.54) is 18.2 Å². The van der Waals surface area contributed by atoms with Crippen molar-refractivity contribution in [3.05, 3.63) is 60.2 Å². The summed E-state index contributed by atoms with van der Waals surface area (Å²) in [5.74, 6) is -1.30. The van der Waals surface area contributed by atoms with Crippen LogP contribution in [0.1, 0.15) is 6.42 Å². The Bertz CT molecular complexity index is 696. The van der Waals surface area contributed by atoms with Crippen molar-refractivity contribution < 1.29 is 13.6 Å². The molecule has 1 amide bonds. The van der Waals surface area contributed by atoms with Crippen molar-refractivity contribution >= 4 is 17.3 Å². The Labute approximate surface area is 146 Å². The summed E-state index contributed by atoms with van der Waals surface area (Å²) in [6.45, 7) is 3.08. The predicted octanol–water partition coefficient (Wildman–Crippen LogP) is 3.12. The molecular weight excluding hydrogens is 324 g/mol.